The van der Waals surface area contributed by atoms with Gasteiger partial charge in [-0.1, -0.05) is 34.1 Å². The predicted molar refractivity (Wildman–Crippen MR) is 104 cm³/mol. The number of ether oxygens (including phenoxy) is 1. The first-order valence-electron chi connectivity index (χ1n) is 9.49. The van der Waals surface area contributed by atoms with E-state index in [1.54, 1.807) is 20.8 Å². The van der Waals surface area contributed by atoms with Crippen molar-refractivity contribution in [1.82, 2.24) is 16.1 Å². The van der Waals surface area contributed by atoms with Crippen molar-refractivity contribution in [1.29, 1.82) is 0 Å². The average Bonchev–Trinajstić information content (AvgIpc) is 2.53. The van der Waals surface area contributed by atoms with Gasteiger partial charge in [0.05, 0.1) is 19.7 Å². The number of Topliss-reactive ketones (excluding diaryl/α,β-unsaturated/α-hetero) is 1. The van der Waals surface area contributed by atoms with Crippen molar-refractivity contribution in [3.63, 3.8) is 0 Å². The lowest BCUT2D eigenvalue weighted by Gasteiger charge is -2.28. The van der Waals surface area contributed by atoms with Crippen molar-refractivity contribution in [3.05, 3.63) is 0 Å². The van der Waals surface area contributed by atoms with Crippen LogP contribution in [0.15, 0.2) is 0 Å². The summed E-state index contributed by atoms with van der Waals surface area (Å²) in [6.07, 6.45) is 0.497. The Morgan fingerprint density at radius 3 is 2.07 bits per heavy atom. The molecule has 0 aromatic carbocycles. The smallest absolute Gasteiger partial charge is 0.408 e. The summed E-state index contributed by atoms with van der Waals surface area (Å²) in [5.74, 6) is -0.462. The van der Waals surface area contributed by atoms with Crippen molar-refractivity contribution >= 4 is 17.8 Å². The van der Waals surface area contributed by atoms with Crippen LogP contribution in [-0.2, 0) is 19.2 Å². The zero-order chi connectivity index (χ0) is 21.2. The second kappa shape index (κ2) is 11.9. The van der Waals surface area contributed by atoms with Gasteiger partial charge in [0.2, 0.25) is 5.91 Å². The topological polar surface area (TPSA) is 106 Å². The molecule has 27 heavy (non-hydrogen) atoms. The normalized spacial score (nSPS) is 15.0. The zero-order valence-corrected chi connectivity index (χ0v) is 18.0. The monoisotopic (exact) mass is 387 g/mol. The van der Waals surface area contributed by atoms with E-state index in [9.17, 15) is 14.4 Å². The Bertz CT molecular complexity index is 488. The highest BCUT2D eigenvalue weighted by Gasteiger charge is 2.30. The Labute approximate surface area is 163 Å². The first kappa shape index (κ1) is 25.3. The van der Waals surface area contributed by atoms with Crippen LogP contribution in [0, 0.1) is 11.8 Å². The van der Waals surface area contributed by atoms with Crippen molar-refractivity contribution in [2.75, 3.05) is 13.7 Å². The molecule has 3 N–H and O–H groups in total. The second-order valence-electron chi connectivity index (χ2n) is 8.19. The van der Waals surface area contributed by atoms with E-state index in [0.717, 1.165) is 6.42 Å². The number of rotatable bonds is 11. The molecule has 0 unspecified atom stereocenters. The maximum Gasteiger partial charge on any atom is 0.408 e. The summed E-state index contributed by atoms with van der Waals surface area (Å²) in [4.78, 5) is 42.0. The summed E-state index contributed by atoms with van der Waals surface area (Å²) in [6.45, 7) is 13.0. The van der Waals surface area contributed by atoms with Crippen molar-refractivity contribution in [2.24, 2.45) is 11.8 Å². The molecule has 0 heterocycles. The largest absolute Gasteiger partial charge is 0.444 e. The molecule has 0 aliphatic heterocycles. The van der Waals surface area contributed by atoms with Crippen LogP contribution >= 0.6 is 0 Å². The van der Waals surface area contributed by atoms with Gasteiger partial charge >= 0.3 is 6.09 Å². The maximum atomic E-state index is 12.8. The van der Waals surface area contributed by atoms with Crippen LogP contribution in [0.25, 0.3) is 0 Å². The van der Waals surface area contributed by atoms with Gasteiger partial charge < -0.3 is 20.2 Å². The third-order valence-corrected chi connectivity index (χ3v) is 3.96. The van der Waals surface area contributed by atoms with Gasteiger partial charge in [0.1, 0.15) is 11.6 Å². The van der Waals surface area contributed by atoms with Gasteiger partial charge in [-0.2, -0.15) is 5.48 Å². The molecule has 0 aromatic rings. The summed E-state index contributed by atoms with van der Waals surface area (Å²) < 4.78 is 5.25. The second-order valence-corrected chi connectivity index (χ2v) is 8.19. The number of ketones is 1. The molecular weight excluding hydrogens is 350 g/mol. The van der Waals surface area contributed by atoms with Gasteiger partial charge in [-0.25, -0.2) is 4.79 Å². The molecular formula is C19H37N3O5. The first-order chi connectivity index (χ1) is 12.4. The van der Waals surface area contributed by atoms with E-state index in [2.05, 4.69) is 16.1 Å². The van der Waals surface area contributed by atoms with E-state index in [1.165, 1.54) is 7.11 Å². The highest BCUT2D eigenvalue weighted by Crippen LogP contribution is 2.12. The molecule has 0 fully saturated rings. The van der Waals surface area contributed by atoms with Crippen LogP contribution in [0.5, 0.6) is 0 Å². The number of carbonyl (C=O) groups excluding carboxylic acids is 3. The van der Waals surface area contributed by atoms with E-state index >= 15 is 0 Å². The van der Waals surface area contributed by atoms with Crippen molar-refractivity contribution in [3.8, 4) is 0 Å². The number of amides is 2. The van der Waals surface area contributed by atoms with E-state index < -0.39 is 29.7 Å². The van der Waals surface area contributed by atoms with Crippen LogP contribution in [0.3, 0.4) is 0 Å². The lowest BCUT2D eigenvalue weighted by atomic mass is 9.94. The van der Waals surface area contributed by atoms with Crippen molar-refractivity contribution < 1.29 is 24.0 Å². The molecule has 0 rings (SSSR count). The van der Waals surface area contributed by atoms with E-state index in [4.69, 9.17) is 9.57 Å². The molecule has 0 saturated heterocycles. The van der Waals surface area contributed by atoms with E-state index in [1.807, 2.05) is 27.7 Å². The maximum absolute atomic E-state index is 12.8. The number of hydroxylamine groups is 1. The molecule has 0 bridgehead atoms. The Morgan fingerprint density at radius 2 is 1.63 bits per heavy atom. The predicted octanol–water partition coefficient (Wildman–Crippen LogP) is 2.18. The fourth-order valence-electron chi connectivity index (χ4n) is 2.44. The quantitative estimate of drug-likeness (QED) is 0.469. The Kier molecular flexibility index (Phi) is 11.2. The number of nitrogens with one attached hydrogen (secondary N) is 3. The van der Waals surface area contributed by atoms with Gasteiger partial charge in [0.15, 0.2) is 5.78 Å². The number of alkyl carbamates (subject to hydrolysis) is 1. The highest BCUT2D eigenvalue weighted by molar-refractivity contribution is 5.93. The fraction of sp³-hybridized carbons (Fsp3) is 0.842. The summed E-state index contributed by atoms with van der Waals surface area (Å²) in [5, 5.41) is 5.42. The minimum atomic E-state index is -0.783. The van der Waals surface area contributed by atoms with Crippen LogP contribution < -0.4 is 16.1 Å². The molecule has 2 amide bonds. The molecule has 0 aliphatic carbocycles. The molecule has 158 valence electrons. The third-order valence-electron chi connectivity index (χ3n) is 3.96. The Morgan fingerprint density at radius 1 is 1.04 bits per heavy atom. The molecule has 3 atom stereocenters. The summed E-state index contributed by atoms with van der Waals surface area (Å²) in [5.41, 5.74) is 1.85. The average molecular weight is 388 g/mol. The van der Waals surface area contributed by atoms with Crippen LogP contribution in [0.1, 0.15) is 61.3 Å². The molecule has 0 aliphatic rings. The minimum absolute atomic E-state index is 0.0138. The molecule has 8 heteroatoms. The molecule has 0 aromatic heterocycles. The van der Waals surface area contributed by atoms with Crippen LogP contribution in [0.2, 0.25) is 0 Å². The van der Waals surface area contributed by atoms with E-state index in [-0.39, 0.29) is 24.2 Å². The van der Waals surface area contributed by atoms with Gasteiger partial charge in [-0.05, 0) is 39.0 Å². The van der Waals surface area contributed by atoms with Gasteiger partial charge in [-0.15, -0.1) is 0 Å². The standard InChI is InChI=1S/C19H37N3O5/c1-9-13(4)16(15(23)11-20-26-8)22-17(24)14(10-12(2)3)21-18(25)27-19(5,6)7/h12-14,16,20H,9-11H2,1-8H3,(H,21,25)(H,22,24)/t13-,14-,16-/m0/s1. The summed E-state index contributed by atoms with van der Waals surface area (Å²) >= 11 is 0. The number of hydrogen-bond acceptors (Lipinski definition) is 6. The lowest BCUT2D eigenvalue weighted by molar-refractivity contribution is -0.131. The Hall–Kier alpha value is -1.67. The van der Waals surface area contributed by atoms with Gasteiger partial charge in [0.25, 0.3) is 0 Å². The van der Waals surface area contributed by atoms with Gasteiger partial charge in [0, 0.05) is 0 Å². The first-order valence-corrected chi connectivity index (χ1v) is 9.49. The minimum Gasteiger partial charge on any atom is -0.444 e. The number of carbonyl (C=O) groups is 3. The zero-order valence-electron chi connectivity index (χ0n) is 18.0. The molecule has 8 nitrogen and oxygen atoms in total. The highest BCUT2D eigenvalue weighted by atomic mass is 16.6. The lowest BCUT2D eigenvalue weighted by Crippen LogP contribution is -2.55. The number of hydrogen-bond donors (Lipinski definition) is 3. The van der Waals surface area contributed by atoms with Crippen LogP contribution in [0.4, 0.5) is 4.79 Å². The van der Waals surface area contributed by atoms with E-state index in [0.29, 0.717) is 6.42 Å². The molecule has 0 saturated carbocycles. The molecule has 0 radical (unpaired) electrons. The fourth-order valence-corrected chi connectivity index (χ4v) is 2.44. The SMILES string of the molecule is CC[C@H](C)[C@H](NC(=O)[C@H](CC(C)C)NC(=O)OC(C)(C)C)C(=O)CNOC. The summed E-state index contributed by atoms with van der Waals surface area (Å²) in [6, 6.07) is -1.45. The molecule has 0 spiro atoms. The van der Waals surface area contributed by atoms with Crippen LogP contribution in [-0.4, -0.2) is 49.1 Å². The summed E-state index contributed by atoms with van der Waals surface area (Å²) in [7, 11) is 1.42. The van der Waals surface area contributed by atoms with Crippen molar-refractivity contribution in [2.45, 2.75) is 79.0 Å². The van der Waals surface area contributed by atoms with Gasteiger partial charge in [-0.3, -0.25) is 9.59 Å². The third kappa shape index (κ3) is 10.9. The Balaban J connectivity index is 5.20.